The number of benzene rings is 2. The Labute approximate surface area is 127 Å². The van der Waals surface area contributed by atoms with Gasteiger partial charge in [0.25, 0.3) is 5.91 Å². The van der Waals surface area contributed by atoms with E-state index in [0.29, 0.717) is 10.0 Å². The largest absolute Gasteiger partial charge is 0.348 e. The van der Waals surface area contributed by atoms with Crippen LogP contribution in [0.2, 0.25) is 5.02 Å². The molecule has 1 N–H and O–H groups in total. The molecule has 0 atom stereocenters. The summed E-state index contributed by atoms with van der Waals surface area (Å²) in [5.41, 5.74) is 0.326. The van der Waals surface area contributed by atoms with E-state index in [1.807, 2.05) is 0 Å². The number of amides is 1. The summed E-state index contributed by atoms with van der Waals surface area (Å²) in [6.07, 6.45) is 0. The fourth-order valence-corrected chi connectivity index (χ4v) is 2.29. The normalized spacial score (nSPS) is 10.4. The standard InChI is InChI=1S/C14H9BrClF2NO/c15-10-5-4-9(17)6-8(10)7-19-14(20)13-11(16)2-1-3-12(13)18/h1-6H,7H2,(H,19,20). The summed E-state index contributed by atoms with van der Waals surface area (Å²) >= 11 is 9.04. The first kappa shape index (κ1) is 14.9. The summed E-state index contributed by atoms with van der Waals surface area (Å²) in [6.45, 7) is 0.0574. The zero-order valence-electron chi connectivity index (χ0n) is 10.1. The molecule has 0 aliphatic carbocycles. The lowest BCUT2D eigenvalue weighted by Crippen LogP contribution is -2.24. The third-order valence-corrected chi connectivity index (χ3v) is 3.73. The average molecular weight is 361 g/mol. The van der Waals surface area contributed by atoms with Crippen LogP contribution in [-0.2, 0) is 6.54 Å². The molecule has 0 saturated carbocycles. The van der Waals surface area contributed by atoms with E-state index in [1.165, 1.54) is 30.3 Å². The Morgan fingerprint density at radius 2 is 2.00 bits per heavy atom. The molecule has 2 nitrogen and oxygen atoms in total. The maximum Gasteiger partial charge on any atom is 0.256 e. The highest BCUT2D eigenvalue weighted by molar-refractivity contribution is 9.10. The van der Waals surface area contributed by atoms with Crippen LogP contribution >= 0.6 is 27.5 Å². The van der Waals surface area contributed by atoms with E-state index in [-0.39, 0.29) is 17.1 Å². The number of carbonyl (C=O) groups excluding carboxylic acids is 1. The molecule has 0 aliphatic rings. The Hall–Kier alpha value is -1.46. The van der Waals surface area contributed by atoms with E-state index in [1.54, 1.807) is 0 Å². The molecule has 0 radical (unpaired) electrons. The van der Waals surface area contributed by atoms with Crippen molar-refractivity contribution in [2.24, 2.45) is 0 Å². The predicted octanol–water partition coefficient (Wildman–Crippen LogP) is 4.31. The van der Waals surface area contributed by atoms with Crippen LogP contribution in [0.3, 0.4) is 0 Å². The van der Waals surface area contributed by atoms with Gasteiger partial charge in [0, 0.05) is 11.0 Å². The van der Waals surface area contributed by atoms with Crippen LogP contribution in [0.25, 0.3) is 0 Å². The maximum atomic E-state index is 13.6. The first-order valence-corrected chi connectivity index (χ1v) is 6.82. The molecule has 2 aromatic carbocycles. The van der Waals surface area contributed by atoms with Crippen molar-refractivity contribution in [3.05, 3.63) is 68.7 Å². The molecule has 20 heavy (non-hydrogen) atoms. The SMILES string of the molecule is O=C(NCc1cc(F)ccc1Br)c1c(F)cccc1Cl. The molecule has 0 spiro atoms. The summed E-state index contributed by atoms with van der Waals surface area (Å²) < 4.78 is 27.3. The van der Waals surface area contributed by atoms with Crippen LogP contribution in [-0.4, -0.2) is 5.91 Å². The molecule has 2 rings (SSSR count). The molecular weight excluding hydrogens is 352 g/mol. The molecule has 0 fully saturated rings. The van der Waals surface area contributed by atoms with Crippen molar-refractivity contribution in [3.8, 4) is 0 Å². The van der Waals surface area contributed by atoms with Gasteiger partial charge < -0.3 is 5.32 Å². The Morgan fingerprint density at radius 3 is 2.70 bits per heavy atom. The minimum atomic E-state index is -0.701. The molecule has 6 heteroatoms. The van der Waals surface area contributed by atoms with Crippen LogP contribution in [0.1, 0.15) is 15.9 Å². The zero-order valence-corrected chi connectivity index (χ0v) is 12.4. The molecule has 0 aromatic heterocycles. The Bertz CT molecular complexity index is 643. The second-order valence-corrected chi connectivity index (χ2v) is 5.28. The predicted molar refractivity (Wildman–Crippen MR) is 76.7 cm³/mol. The van der Waals surface area contributed by atoms with E-state index < -0.39 is 17.5 Å². The first-order chi connectivity index (χ1) is 9.49. The van der Waals surface area contributed by atoms with Crippen LogP contribution in [0.4, 0.5) is 8.78 Å². The minimum absolute atomic E-state index is 0.0285. The molecule has 0 saturated heterocycles. The number of hydrogen-bond donors (Lipinski definition) is 1. The summed E-state index contributed by atoms with van der Waals surface area (Å²) in [5, 5.41) is 2.53. The van der Waals surface area contributed by atoms with Gasteiger partial charge in [0.1, 0.15) is 11.6 Å². The second-order valence-electron chi connectivity index (χ2n) is 4.02. The van der Waals surface area contributed by atoms with Gasteiger partial charge in [-0.15, -0.1) is 0 Å². The van der Waals surface area contributed by atoms with Crippen LogP contribution in [0.15, 0.2) is 40.9 Å². The monoisotopic (exact) mass is 359 g/mol. The fourth-order valence-electron chi connectivity index (χ4n) is 1.66. The van der Waals surface area contributed by atoms with E-state index >= 15 is 0 Å². The lowest BCUT2D eigenvalue weighted by molar-refractivity contribution is 0.0947. The number of carbonyl (C=O) groups is 1. The highest BCUT2D eigenvalue weighted by atomic mass is 79.9. The minimum Gasteiger partial charge on any atom is -0.348 e. The van der Waals surface area contributed by atoms with Gasteiger partial charge in [0.15, 0.2) is 0 Å². The first-order valence-electron chi connectivity index (χ1n) is 5.65. The molecule has 2 aromatic rings. The van der Waals surface area contributed by atoms with Gasteiger partial charge in [-0.25, -0.2) is 8.78 Å². The summed E-state index contributed by atoms with van der Waals surface area (Å²) in [6, 6.07) is 8.11. The van der Waals surface area contributed by atoms with Crippen molar-refractivity contribution in [2.75, 3.05) is 0 Å². The Morgan fingerprint density at radius 1 is 1.25 bits per heavy atom. The number of hydrogen-bond acceptors (Lipinski definition) is 1. The van der Waals surface area contributed by atoms with E-state index in [0.717, 1.165) is 6.07 Å². The van der Waals surface area contributed by atoms with Gasteiger partial charge in [-0.1, -0.05) is 33.6 Å². The van der Waals surface area contributed by atoms with Crippen molar-refractivity contribution in [1.82, 2.24) is 5.32 Å². The lowest BCUT2D eigenvalue weighted by Gasteiger charge is -2.09. The van der Waals surface area contributed by atoms with Crippen molar-refractivity contribution in [1.29, 1.82) is 0 Å². The Kier molecular flexibility index (Phi) is 4.73. The van der Waals surface area contributed by atoms with Crippen LogP contribution in [0, 0.1) is 11.6 Å². The molecule has 1 amide bonds. The highest BCUT2D eigenvalue weighted by Gasteiger charge is 2.15. The van der Waals surface area contributed by atoms with Crippen LogP contribution in [0.5, 0.6) is 0 Å². The Balaban J connectivity index is 2.15. The van der Waals surface area contributed by atoms with Crippen molar-refractivity contribution in [2.45, 2.75) is 6.54 Å². The topological polar surface area (TPSA) is 29.1 Å². The van der Waals surface area contributed by atoms with Gasteiger partial charge in [0.2, 0.25) is 0 Å². The number of rotatable bonds is 3. The molecular formula is C14H9BrClF2NO. The average Bonchev–Trinajstić information content (AvgIpc) is 2.39. The van der Waals surface area contributed by atoms with Gasteiger partial charge in [-0.3, -0.25) is 4.79 Å². The van der Waals surface area contributed by atoms with Gasteiger partial charge >= 0.3 is 0 Å². The summed E-state index contributed by atoms with van der Waals surface area (Å²) in [4.78, 5) is 11.9. The lowest BCUT2D eigenvalue weighted by atomic mass is 10.1. The molecule has 0 unspecified atom stereocenters. The third kappa shape index (κ3) is 3.35. The highest BCUT2D eigenvalue weighted by Crippen LogP contribution is 2.20. The van der Waals surface area contributed by atoms with Crippen molar-refractivity contribution in [3.63, 3.8) is 0 Å². The van der Waals surface area contributed by atoms with E-state index in [9.17, 15) is 13.6 Å². The molecule has 104 valence electrons. The molecule has 0 bridgehead atoms. The van der Waals surface area contributed by atoms with Crippen molar-refractivity contribution >= 4 is 33.4 Å². The fraction of sp³-hybridized carbons (Fsp3) is 0.0714. The molecule has 0 heterocycles. The summed E-state index contributed by atoms with van der Waals surface area (Å²) in [5.74, 6) is -1.76. The van der Waals surface area contributed by atoms with Crippen molar-refractivity contribution < 1.29 is 13.6 Å². The van der Waals surface area contributed by atoms with Gasteiger partial charge in [-0.2, -0.15) is 0 Å². The third-order valence-electron chi connectivity index (χ3n) is 2.64. The maximum absolute atomic E-state index is 13.6. The quantitative estimate of drug-likeness (QED) is 0.868. The van der Waals surface area contributed by atoms with Gasteiger partial charge in [0.05, 0.1) is 10.6 Å². The zero-order chi connectivity index (χ0) is 14.7. The van der Waals surface area contributed by atoms with Crippen LogP contribution < -0.4 is 5.32 Å². The van der Waals surface area contributed by atoms with E-state index in [4.69, 9.17) is 11.6 Å². The van der Waals surface area contributed by atoms with E-state index in [2.05, 4.69) is 21.2 Å². The van der Waals surface area contributed by atoms with Gasteiger partial charge in [-0.05, 0) is 35.9 Å². The number of halogens is 4. The second kappa shape index (κ2) is 6.33. The molecule has 0 aliphatic heterocycles. The summed E-state index contributed by atoms with van der Waals surface area (Å²) in [7, 11) is 0. The smallest absolute Gasteiger partial charge is 0.256 e. The number of nitrogens with one attached hydrogen (secondary N) is 1.